The molecule has 0 aromatic heterocycles. The number of hydrogen-bond acceptors (Lipinski definition) is 3. The molecule has 1 heterocycles. The highest BCUT2D eigenvalue weighted by molar-refractivity contribution is 5.90. The maximum atomic E-state index is 11.9. The Balaban J connectivity index is 1.87. The largest absolute Gasteiger partial charge is 0.441 e. The van der Waals surface area contributed by atoms with Gasteiger partial charge in [0.1, 0.15) is 5.60 Å². The van der Waals surface area contributed by atoms with Crippen molar-refractivity contribution >= 4 is 17.5 Å². The number of anilines is 2. The molecule has 2 N–H and O–H groups in total. The summed E-state index contributed by atoms with van der Waals surface area (Å²) in [5, 5.41) is 0. The van der Waals surface area contributed by atoms with Crippen LogP contribution < -0.4 is 10.6 Å². The molecule has 0 unspecified atom stereocenters. The van der Waals surface area contributed by atoms with Crippen LogP contribution in [0.1, 0.15) is 25.7 Å². The zero-order chi connectivity index (χ0) is 11.9. The monoisotopic (exact) mass is 232 g/mol. The molecule has 1 spiro atoms. The minimum absolute atomic E-state index is 0.234. The fourth-order valence-corrected chi connectivity index (χ4v) is 2.79. The first kappa shape index (κ1) is 10.4. The summed E-state index contributed by atoms with van der Waals surface area (Å²) >= 11 is 0. The smallest absolute Gasteiger partial charge is 0.415 e. The van der Waals surface area contributed by atoms with Gasteiger partial charge in [0.05, 0.1) is 6.54 Å². The molecule has 4 heteroatoms. The third kappa shape index (κ3) is 1.73. The molecule has 1 aliphatic carbocycles. The highest BCUT2D eigenvalue weighted by Gasteiger charge is 2.47. The number of rotatable bonds is 1. The van der Waals surface area contributed by atoms with Crippen LogP contribution in [-0.2, 0) is 4.74 Å². The number of carbonyl (C=O) groups excluding carboxylic acids is 1. The summed E-state index contributed by atoms with van der Waals surface area (Å²) in [6.07, 6.45) is 4.03. The summed E-state index contributed by atoms with van der Waals surface area (Å²) in [5.41, 5.74) is 7.00. The van der Waals surface area contributed by atoms with Crippen molar-refractivity contribution in [3.05, 3.63) is 24.3 Å². The second kappa shape index (κ2) is 3.65. The number of nitrogens with zero attached hydrogens (tertiary/aromatic N) is 1. The Morgan fingerprint density at radius 3 is 2.76 bits per heavy atom. The van der Waals surface area contributed by atoms with E-state index in [9.17, 15) is 4.79 Å². The molecule has 90 valence electrons. The van der Waals surface area contributed by atoms with E-state index in [1.54, 1.807) is 4.90 Å². The van der Waals surface area contributed by atoms with E-state index in [0.29, 0.717) is 12.2 Å². The fourth-order valence-electron chi connectivity index (χ4n) is 2.79. The van der Waals surface area contributed by atoms with Crippen LogP contribution in [0.4, 0.5) is 16.2 Å². The molecule has 1 saturated heterocycles. The van der Waals surface area contributed by atoms with Gasteiger partial charge in [-0.15, -0.1) is 0 Å². The lowest BCUT2D eigenvalue weighted by atomic mass is 10.0. The van der Waals surface area contributed by atoms with Gasteiger partial charge in [0, 0.05) is 11.4 Å². The maximum Gasteiger partial charge on any atom is 0.415 e. The normalized spacial score (nSPS) is 22.1. The standard InChI is InChI=1S/C13H16N2O2/c14-10-4-3-5-11(8-10)15-9-13(17-12(15)16)6-1-2-7-13/h3-5,8H,1-2,6-7,9,14H2. The Bertz CT molecular complexity index is 452. The van der Waals surface area contributed by atoms with E-state index in [0.717, 1.165) is 31.4 Å². The van der Waals surface area contributed by atoms with Crippen LogP contribution in [0.5, 0.6) is 0 Å². The van der Waals surface area contributed by atoms with Crippen molar-refractivity contribution in [3.63, 3.8) is 0 Å². The third-order valence-corrected chi connectivity index (χ3v) is 3.67. The Morgan fingerprint density at radius 1 is 1.29 bits per heavy atom. The Kier molecular flexibility index (Phi) is 2.24. The van der Waals surface area contributed by atoms with Crippen molar-refractivity contribution in [1.82, 2.24) is 0 Å². The average Bonchev–Trinajstić information content (AvgIpc) is 2.87. The minimum Gasteiger partial charge on any atom is -0.441 e. The lowest BCUT2D eigenvalue weighted by Crippen LogP contribution is -2.31. The molecule has 0 atom stereocenters. The maximum absolute atomic E-state index is 11.9. The molecule has 0 bridgehead atoms. The van der Waals surface area contributed by atoms with Gasteiger partial charge in [0.25, 0.3) is 0 Å². The number of hydrogen-bond donors (Lipinski definition) is 1. The van der Waals surface area contributed by atoms with Crippen molar-refractivity contribution in [2.75, 3.05) is 17.2 Å². The summed E-state index contributed by atoms with van der Waals surface area (Å²) in [5.74, 6) is 0. The first-order valence-electron chi connectivity index (χ1n) is 6.05. The van der Waals surface area contributed by atoms with Gasteiger partial charge in [-0.25, -0.2) is 4.79 Å². The molecule has 1 aromatic carbocycles. The predicted molar refractivity (Wildman–Crippen MR) is 65.9 cm³/mol. The van der Waals surface area contributed by atoms with Crippen LogP contribution in [0.2, 0.25) is 0 Å². The Labute approximate surface area is 100 Å². The first-order valence-corrected chi connectivity index (χ1v) is 6.05. The number of amides is 1. The highest BCUT2D eigenvalue weighted by Crippen LogP contribution is 2.40. The van der Waals surface area contributed by atoms with Crippen LogP contribution in [-0.4, -0.2) is 18.2 Å². The van der Waals surface area contributed by atoms with Gasteiger partial charge in [-0.1, -0.05) is 6.07 Å². The van der Waals surface area contributed by atoms with Gasteiger partial charge in [-0.2, -0.15) is 0 Å². The Hall–Kier alpha value is -1.71. The molecule has 1 aromatic rings. The van der Waals surface area contributed by atoms with Crippen molar-refractivity contribution in [1.29, 1.82) is 0 Å². The van der Waals surface area contributed by atoms with Crippen LogP contribution in [0.3, 0.4) is 0 Å². The molecule has 2 fully saturated rings. The summed E-state index contributed by atoms with van der Waals surface area (Å²) < 4.78 is 5.56. The van der Waals surface area contributed by atoms with E-state index >= 15 is 0 Å². The van der Waals surface area contributed by atoms with E-state index in [1.807, 2.05) is 24.3 Å². The van der Waals surface area contributed by atoms with E-state index in [4.69, 9.17) is 10.5 Å². The molecular formula is C13H16N2O2. The SMILES string of the molecule is Nc1cccc(N2CC3(CCCC3)OC2=O)c1. The van der Waals surface area contributed by atoms with Crippen molar-refractivity contribution in [3.8, 4) is 0 Å². The molecule has 17 heavy (non-hydrogen) atoms. The third-order valence-electron chi connectivity index (χ3n) is 3.67. The average molecular weight is 232 g/mol. The molecular weight excluding hydrogens is 216 g/mol. The number of ether oxygens (including phenoxy) is 1. The van der Waals surface area contributed by atoms with E-state index in [-0.39, 0.29) is 11.7 Å². The van der Waals surface area contributed by atoms with Gasteiger partial charge < -0.3 is 10.5 Å². The lowest BCUT2D eigenvalue weighted by molar-refractivity contribution is 0.0629. The number of nitrogens with two attached hydrogens (primary N) is 1. The quantitative estimate of drug-likeness (QED) is 0.757. The lowest BCUT2D eigenvalue weighted by Gasteiger charge is -2.20. The molecule has 1 amide bonds. The molecule has 3 rings (SSSR count). The predicted octanol–water partition coefficient (Wildman–Crippen LogP) is 2.54. The highest BCUT2D eigenvalue weighted by atomic mass is 16.6. The van der Waals surface area contributed by atoms with Crippen LogP contribution >= 0.6 is 0 Å². The minimum atomic E-state index is -0.238. The van der Waals surface area contributed by atoms with Gasteiger partial charge >= 0.3 is 6.09 Å². The zero-order valence-electron chi connectivity index (χ0n) is 9.69. The zero-order valence-corrected chi connectivity index (χ0v) is 9.69. The summed E-state index contributed by atoms with van der Waals surface area (Å²) in [4.78, 5) is 13.6. The van der Waals surface area contributed by atoms with Crippen LogP contribution in [0.15, 0.2) is 24.3 Å². The molecule has 4 nitrogen and oxygen atoms in total. The van der Waals surface area contributed by atoms with E-state index in [1.165, 1.54) is 0 Å². The second-order valence-electron chi connectivity index (χ2n) is 4.94. The summed E-state index contributed by atoms with van der Waals surface area (Å²) in [7, 11) is 0. The van der Waals surface area contributed by atoms with Gasteiger partial charge in [-0.3, -0.25) is 4.90 Å². The molecule has 1 aliphatic heterocycles. The van der Waals surface area contributed by atoms with Gasteiger partial charge in [0.15, 0.2) is 0 Å². The van der Waals surface area contributed by atoms with E-state index < -0.39 is 0 Å². The van der Waals surface area contributed by atoms with Gasteiger partial charge in [-0.05, 0) is 43.9 Å². The number of nitrogen functional groups attached to an aromatic ring is 1. The molecule has 2 aliphatic rings. The van der Waals surface area contributed by atoms with Gasteiger partial charge in [0.2, 0.25) is 0 Å². The van der Waals surface area contributed by atoms with Crippen molar-refractivity contribution < 1.29 is 9.53 Å². The van der Waals surface area contributed by atoms with Crippen LogP contribution in [0, 0.1) is 0 Å². The number of carbonyl (C=O) groups is 1. The van der Waals surface area contributed by atoms with Crippen molar-refractivity contribution in [2.24, 2.45) is 0 Å². The first-order chi connectivity index (χ1) is 8.19. The summed E-state index contributed by atoms with van der Waals surface area (Å²) in [6, 6.07) is 7.38. The summed E-state index contributed by atoms with van der Waals surface area (Å²) in [6.45, 7) is 0.662. The topological polar surface area (TPSA) is 55.6 Å². The van der Waals surface area contributed by atoms with E-state index in [2.05, 4.69) is 0 Å². The second-order valence-corrected chi connectivity index (χ2v) is 4.94. The fraction of sp³-hybridized carbons (Fsp3) is 0.462. The molecule has 1 saturated carbocycles. The molecule has 0 radical (unpaired) electrons. The Morgan fingerprint density at radius 2 is 2.06 bits per heavy atom. The van der Waals surface area contributed by atoms with Crippen molar-refractivity contribution in [2.45, 2.75) is 31.3 Å². The number of benzene rings is 1. The van der Waals surface area contributed by atoms with Crippen LogP contribution in [0.25, 0.3) is 0 Å².